The first-order valence-corrected chi connectivity index (χ1v) is 12.4. The van der Waals surface area contributed by atoms with Crippen molar-refractivity contribution in [1.29, 1.82) is 0 Å². The molecule has 0 radical (unpaired) electrons. The van der Waals surface area contributed by atoms with Crippen LogP contribution in [0.4, 0.5) is 0 Å². The fourth-order valence-corrected chi connectivity index (χ4v) is 3.38. The van der Waals surface area contributed by atoms with E-state index >= 15 is 0 Å². The molecule has 0 bridgehead atoms. The van der Waals surface area contributed by atoms with Crippen LogP contribution < -0.4 is 0 Å². The average molecular weight is 407 g/mol. The summed E-state index contributed by atoms with van der Waals surface area (Å²) in [4.78, 5) is 0. The maximum Gasteiger partial charge on any atom is 0.193 e. The smallest absolute Gasteiger partial charge is 0.193 e. The molecule has 1 N–H and O–H groups in total. The van der Waals surface area contributed by atoms with Gasteiger partial charge in [0.2, 0.25) is 0 Å². The molecule has 0 aromatic heterocycles. The number of ether oxygens (including phenoxy) is 5. The quantitative estimate of drug-likeness (QED) is 0.218. The minimum atomic E-state index is -1.96. The molecule has 0 spiro atoms. The molecular weight excluding hydrogens is 368 g/mol. The summed E-state index contributed by atoms with van der Waals surface area (Å²) in [5.41, 5.74) is 0. The van der Waals surface area contributed by atoms with Gasteiger partial charge in [-0.25, -0.2) is 0 Å². The van der Waals surface area contributed by atoms with Crippen LogP contribution in [-0.2, 0) is 28.1 Å². The SMILES string of the molecule is C=CC(OCOCCOC)C(O)CC1(CO[Si](C)(C)C(C)(C)C)OCCO1. The van der Waals surface area contributed by atoms with Crippen molar-refractivity contribution >= 4 is 8.32 Å². The Labute approximate surface area is 165 Å². The van der Waals surface area contributed by atoms with Crippen LogP contribution >= 0.6 is 0 Å². The first kappa shape index (κ1) is 24.7. The average Bonchev–Trinajstić information content (AvgIpc) is 3.04. The second kappa shape index (κ2) is 11.0. The number of rotatable bonds is 13. The van der Waals surface area contributed by atoms with Gasteiger partial charge >= 0.3 is 0 Å². The Bertz CT molecular complexity index is 430. The van der Waals surface area contributed by atoms with Crippen LogP contribution in [0.1, 0.15) is 27.2 Å². The Morgan fingerprint density at radius 2 is 1.85 bits per heavy atom. The molecule has 1 saturated heterocycles. The summed E-state index contributed by atoms with van der Waals surface area (Å²) in [5.74, 6) is -0.962. The van der Waals surface area contributed by atoms with Crippen molar-refractivity contribution in [2.45, 2.75) is 63.3 Å². The van der Waals surface area contributed by atoms with Gasteiger partial charge in [0.15, 0.2) is 14.1 Å². The van der Waals surface area contributed by atoms with Gasteiger partial charge in [0.25, 0.3) is 0 Å². The van der Waals surface area contributed by atoms with E-state index in [1.165, 1.54) is 0 Å². The standard InChI is InChI=1S/C19H38O7Si/c1-8-17(23-15-22-10-9-21-5)16(20)13-19(24-11-12-25-19)14-26-27(6,7)18(2,3)4/h8,16-17,20H,1,9-15H2,2-7H3. The minimum Gasteiger partial charge on any atom is -0.411 e. The van der Waals surface area contributed by atoms with E-state index in [1.807, 2.05) is 0 Å². The van der Waals surface area contributed by atoms with Crippen molar-refractivity contribution in [3.8, 4) is 0 Å². The third-order valence-corrected chi connectivity index (χ3v) is 9.66. The lowest BCUT2D eigenvalue weighted by Gasteiger charge is -2.40. The molecule has 0 aromatic rings. The molecule has 0 saturated carbocycles. The number of aliphatic hydroxyl groups is 1. The maximum atomic E-state index is 10.6. The van der Waals surface area contributed by atoms with Gasteiger partial charge < -0.3 is 33.2 Å². The summed E-state index contributed by atoms with van der Waals surface area (Å²) in [6.07, 6.45) is 0.345. The first-order chi connectivity index (χ1) is 12.6. The lowest BCUT2D eigenvalue weighted by Crippen LogP contribution is -2.49. The molecule has 7 nitrogen and oxygen atoms in total. The van der Waals surface area contributed by atoms with Crippen LogP contribution in [0.15, 0.2) is 12.7 Å². The van der Waals surface area contributed by atoms with Crippen molar-refractivity contribution in [2.24, 2.45) is 0 Å². The number of hydrogen-bond donors (Lipinski definition) is 1. The van der Waals surface area contributed by atoms with Crippen LogP contribution in [0, 0.1) is 0 Å². The van der Waals surface area contributed by atoms with E-state index in [9.17, 15) is 5.11 Å². The molecule has 2 atom stereocenters. The van der Waals surface area contributed by atoms with Crippen molar-refractivity contribution in [2.75, 3.05) is 46.9 Å². The summed E-state index contributed by atoms with van der Waals surface area (Å²) in [7, 11) is -0.360. The van der Waals surface area contributed by atoms with Gasteiger partial charge in [-0.05, 0) is 18.1 Å². The predicted octanol–water partition coefficient (Wildman–Crippen LogP) is 2.69. The maximum absolute atomic E-state index is 10.6. The molecular formula is C19H38O7Si. The lowest BCUT2D eigenvalue weighted by molar-refractivity contribution is -0.208. The van der Waals surface area contributed by atoms with Crippen molar-refractivity contribution in [3.63, 3.8) is 0 Å². The van der Waals surface area contributed by atoms with Crippen LogP contribution in [0.2, 0.25) is 18.1 Å². The number of hydrogen-bond acceptors (Lipinski definition) is 7. The van der Waals surface area contributed by atoms with Crippen LogP contribution in [0.25, 0.3) is 0 Å². The molecule has 0 aromatic carbocycles. The Kier molecular flexibility index (Phi) is 10.1. The van der Waals surface area contributed by atoms with Crippen molar-refractivity contribution < 1.29 is 33.2 Å². The van der Waals surface area contributed by atoms with Gasteiger partial charge in [-0.1, -0.05) is 26.8 Å². The highest BCUT2D eigenvalue weighted by Crippen LogP contribution is 2.38. The molecule has 8 heteroatoms. The third kappa shape index (κ3) is 7.90. The highest BCUT2D eigenvalue weighted by atomic mass is 28.4. The zero-order valence-corrected chi connectivity index (χ0v) is 18.8. The largest absolute Gasteiger partial charge is 0.411 e. The van der Waals surface area contributed by atoms with Crippen LogP contribution in [0.5, 0.6) is 0 Å². The highest BCUT2D eigenvalue weighted by molar-refractivity contribution is 6.74. The molecule has 27 heavy (non-hydrogen) atoms. The van der Waals surface area contributed by atoms with Gasteiger partial charge in [-0.3, -0.25) is 0 Å². The lowest BCUT2D eigenvalue weighted by atomic mass is 10.0. The normalized spacial score (nSPS) is 19.8. The highest BCUT2D eigenvalue weighted by Gasteiger charge is 2.45. The summed E-state index contributed by atoms with van der Waals surface area (Å²) in [6.45, 7) is 16.9. The van der Waals surface area contributed by atoms with E-state index in [0.29, 0.717) is 26.4 Å². The fraction of sp³-hybridized carbons (Fsp3) is 0.895. The number of methoxy groups -OCH3 is 1. The molecule has 1 fully saturated rings. The monoisotopic (exact) mass is 406 g/mol. The summed E-state index contributed by atoms with van der Waals surface area (Å²) >= 11 is 0. The van der Waals surface area contributed by atoms with Gasteiger partial charge in [-0.2, -0.15) is 0 Å². The summed E-state index contributed by atoms with van der Waals surface area (Å²) < 4.78 is 33.8. The Balaban J connectivity index is 2.62. The second-order valence-electron chi connectivity index (χ2n) is 8.31. The van der Waals surface area contributed by atoms with E-state index in [2.05, 4.69) is 40.4 Å². The van der Waals surface area contributed by atoms with E-state index in [4.69, 9.17) is 28.1 Å². The molecule has 2 unspecified atom stereocenters. The first-order valence-electron chi connectivity index (χ1n) is 9.48. The molecule has 1 aliphatic rings. The Morgan fingerprint density at radius 3 is 2.37 bits per heavy atom. The molecule has 1 aliphatic heterocycles. The van der Waals surface area contributed by atoms with Gasteiger partial charge in [0.05, 0.1) is 39.1 Å². The fourth-order valence-electron chi connectivity index (χ4n) is 2.36. The van der Waals surface area contributed by atoms with Gasteiger partial charge in [0.1, 0.15) is 12.9 Å². The summed E-state index contributed by atoms with van der Waals surface area (Å²) in [5, 5.41) is 10.7. The van der Waals surface area contributed by atoms with E-state index in [-0.39, 0.29) is 24.9 Å². The van der Waals surface area contributed by atoms with E-state index in [0.717, 1.165) is 0 Å². The summed E-state index contributed by atoms with van der Waals surface area (Å²) in [6, 6.07) is 0. The molecule has 0 amide bonds. The van der Waals surface area contributed by atoms with Gasteiger partial charge in [0, 0.05) is 13.5 Å². The second-order valence-corrected chi connectivity index (χ2v) is 13.1. The Morgan fingerprint density at radius 1 is 1.22 bits per heavy atom. The van der Waals surface area contributed by atoms with Crippen LogP contribution in [0.3, 0.4) is 0 Å². The van der Waals surface area contributed by atoms with E-state index in [1.54, 1.807) is 13.2 Å². The zero-order chi connectivity index (χ0) is 20.6. The van der Waals surface area contributed by atoms with E-state index < -0.39 is 26.3 Å². The predicted molar refractivity (Wildman–Crippen MR) is 106 cm³/mol. The van der Waals surface area contributed by atoms with Gasteiger partial charge in [-0.15, -0.1) is 6.58 Å². The molecule has 1 rings (SSSR count). The minimum absolute atomic E-state index is 0.0479. The topological polar surface area (TPSA) is 75.6 Å². The van der Waals surface area contributed by atoms with Crippen LogP contribution in [-0.4, -0.2) is 78.4 Å². The molecule has 1 heterocycles. The third-order valence-electron chi connectivity index (χ3n) is 5.18. The Hall–Kier alpha value is -0.323. The molecule has 0 aliphatic carbocycles. The number of aliphatic hydroxyl groups excluding tert-OH is 1. The zero-order valence-electron chi connectivity index (χ0n) is 17.8. The van der Waals surface area contributed by atoms with Crippen molar-refractivity contribution in [1.82, 2.24) is 0 Å². The van der Waals surface area contributed by atoms with Crippen molar-refractivity contribution in [3.05, 3.63) is 12.7 Å². The molecule has 160 valence electrons.